The zero-order valence-corrected chi connectivity index (χ0v) is 12.0. The van der Waals surface area contributed by atoms with Crippen molar-refractivity contribution in [2.24, 2.45) is 5.73 Å². The van der Waals surface area contributed by atoms with Crippen molar-refractivity contribution in [2.45, 2.75) is 6.04 Å². The molecule has 0 aliphatic carbocycles. The molecule has 1 atom stereocenters. The summed E-state index contributed by atoms with van der Waals surface area (Å²) in [7, 11) is 0. The largest absolute Gasteiger partial charge is 0.320 e. The fourth-order valence-corrected chi connectivity index (χ4v) is 2.82. The van der Waals surface area contributed by atoms with E-state index >= 15 is 0 Å². The Morgan fingerprint density at radius 3 is 2.42 bits per heavy atom. The molecule has 0 spiro atoms. The van der Waals surface area contributed by atoms with E-state index in [2.05, 4.69) is 70.5 Å². The summed E-state index contributed by atoms with van der Waals surface area (Å²) < 4.78 is 1.06. The van der Waals surface area contributed by atoms with Crippen LogP contribution >= 0.6 is 15.9 Å². The fraction of sp³-hybridized carbons (Fsp3) is 0.0588. The Morgan fingerprint density at radius 2 is 1.58 bits per heavy atom. The summed E-state index contributed by atoms with van der Waals surface area (Å²) in [6, 6.07) is 22.7. The summed E-state index contributed by atoms with van der Waals surface area (Å²) in [6.07, 6.45) is 0. The van der Waals surface area contributed by atoms with Crippen molar-refractivity contribution in [1.82, 2.24) is 0 Å². The van der Waals surface area contributed by atoms with Gasteiger partial charge in [0.2, 0.25) is 0 Å². The molecule has 94 valence electrons. The highest BCUT2D eigenvalue weighted by molar-refractivity contribution is 9.10. The maximum absolute atomic E-state index is 6.43. The molecule has 0 aliphatic rings. The van der Waals surface area contributed by atoms with E-state index in [-0.39, 0.29) is 6.04 Å². The van der Waals surface area contributed by atoms with Gasteiger partial charge in [-0.05, 0) is 34.0 Å². The van der Waals surface area contributed by atoms with Crippen LogP contribution in [0.3, 0.4) is 0 Å². The van der Waals surface area contributed by atoms with Gasteiger partial charge in [-0.15, -0.1) is 0 Å². The molecule has 2 heteroatoms. The second-order valence-corrected chi connectivity index (χ2v) is 5.52. The quantitative estimate of drug-likeness (QED) is 0.732. The average Bonchev–Trinajstić information content (AvgIpc) is 2.46. The molecule has 0 saturated heterocycles. The van der Waals surface area contributed by atoms with E-state index < -0.39 is 0 Å². The molecule has 0 heterocycles. The van der Waals surface area contributed by atoms with E-state index in [0.29, 0.717) is 0 Å². The summed E-state index contributed by atoms with van der Waals surface area (Å²) in [5.41, 5.74) is 8.71. The van der Waals surface area contributed by atoms with Crippen molar-refractivity contribution in [1.29, 1.82) is 0 Å². The van der Waals surface area contributed by atoms with Gasteiger partial charge in [-0.25, -0.2) is 0 Å². The number of halogens is 1. The molecule has 2 N–H and O–H groups in total. The molecule has 0 fully saturated rings. The Balaban J connectivity index is 2.14. The average molecular weight is 312 g/mol. The summed E-state index contributed by atoms with van der Waals surface area (Å²) in [5.74, 6) is 0. The third-order valence-electron chi connectivity index (χ3n) is 3.37. The molecule has 0 radical (unpaired) electrons. The monoisotopic (exact) mass is 311 g/mol. The molecule has 3 aromatic carbocycles. The van der Waals surface area contributed by atoms with Crippen LogP contribution in [-0.2, 0) is 0 Å². The van der Waals surface area contributed by atoms with Gasteiger partial charge in [-0.3, -0.25) is 0 Å². The normalized spacial score (nSPS) is 12.5. The van der Waals surface area contributed by atoms with Gasteiger partial charge in [-0.1, -0.05) is 70.5 Å². The van der Waals surface area contributed by atoms with E-state index in [1.54, 1.807) is 0 Å². The fourth-order valence-electron chi connectivity index (χ4n) is 2.40. The number of nitrogens with two attached hydrogens (primary N) is 1. The number of fused-ring (bicyclic) bond motifs is 1. The molecule has 0 saturated carbocycles. The minimum Gasteiger partial charge on any atom is -0.320 e. The smallest absolute Gasteiger partial charge is 0.0558 e. The lowest BCUT2D eigenvalue weighted by Crippen LogP contribution is -2.12. The van der Waals surface area contributed by atoms with Gasteiger partial charge in [0.25, 0.3) is 0 Å². The summed E-state index contributed by atoms with van der Waals surface area (Å²) in [4.78, 5) is 0. The van der Waals surface area contributed by atoms with Crippen LogP contribution in [0, 0.1) is 0 Å². The third-order valence-corrected chi connectivity index (χ3v) is 3.86. The lowest BCUT2D eigenvalue weighted by Gasteiger charge is -2.15. The Morgan fingerprint density at radius 1 is 0.842 bits per heavy atom. The molecule has 3 aromatic rings. The molecule has 3 rings (SSSR count). The molecular weight excluding hydrogens is 298 g/mol. The maximum Gasteiger partial charge on any atom is 0.0558 e. The van der Waals surface area contributed by atoms with Crippen LogP contribution in [-0.4, -0.2) is 0 Å². The molecule has 0 amide bonds. The zero-order chi connectivity index (χ0) is 13.2. The van der Waals surface area contributed by atoms with Crippen LogP contribution in [0.5, 0.6) is 0 Å². The molecule has 1 nitrogen and oxygen atoms in total. The van der Waals surface area contributed by atoms with Crippen LogP contribution in [0.2, 0.25) is 0 Å². The van der Waals surface area contributed by atoms with Crippen molar-refractivity contribution in [3.63, 3.8) is 0 Å². The summed E-state index contributed by atoms with van der Waals surface area (Å²) in [5, 5.41) is 2.45. The van der Waals surface area contributed by atoms with Crippen molar-refractivity contribution in [3.8, 4) is 0 Å². The van der Waals surface area contributed by atoms with Crippen LogP contribution in [0.4, 0.5) is 0 Å². The molecule has 0 aromatic heterocycles. The number of benzene rings is 3. The first-order valence-electron chi connectivity index (χ1n) is 6.24. The Hall–Kier alpha value is -1.64. The van der Waals surface area contributed by atoms with Crippen molar-refractivity contribution in [2.75, 3.05) is 0 Å². The molecule has 0 bridgehead atoms. The van der Waals surface area contributed by atoms with E-state index in [0.717, 1.165) is 15.6 Å². The van der Waals surface area contributed by atoms with E-state index in [1.807, 2.05) is 12.1 Å². The van der Waals surface area contributed by atoms with E-state index in [4.69, 9.17) is 5.73 Å². The van der Waals surface area contributed by atoms with Crippen molar-refractivity contribution < 1.29 is 0 Å². The topological polar surface area (TPSA) is 26.0 Å². The predicted molar refractivity (Wildman–Crippen MR) is 84.1 cm³/mol. The maximum atomic E-state index is 6.43. The number of hydrogen-bond acceptors (Lipinski definition) is 1. The first-order valence-corrected chi connectivity index (χ1v) is 7.04. The molecule has 19 heavy (non-hydrogen) atoms. The zero-order valence-electron chi connectivity index (χ0n) is 10.4. The van der Waals surface area contributed by atoms with Crippen LogP contribution in [0.1, 0.15) is 17.2 Å². The minimum atomic E-state index is -0.108. The molecule has 0 aliphatic heterocycles. The first-order chi connectivity index (χ1) is 9.25. The molecule has 1 unspecified atom stereocenters. The Kier molecular flexibility index (Phi) is 3.36. The molecular formula is C17H14BrN. The highest BCUT2D eigenvalue weighted by atomic mass is 79.9. The number of rotatable bonds is 2. The Bertz CT molecular complexity index is 716. The van der Waals surface area contributed by atoms with Gasteiger partial charge in [0.05, 0.1) is 6.04 Å². The van der Waals surface area contributed by atoms with Crippen LogP contribution in [0.25, 0.3) is 10.8 Å². The second-order valence-electron chi connectivity index (χ2n) is 4.60. The van der Waals surface area contributed by atoms with Crippen molar-refractivity contribution >= 4 is 26.7 Å². The Labute approximate surface area is 121 Å². The first kappa shape index (κ1) is 12.4. The van der Waals surface area contributed by atoms with E-state index in [9.17, 15) is 0 Å². The second kappa shape index (κ2) is 5.16. The SMILES string of the molecule is NC(c1cccc(Br)c1)c1cccc2ccccc12. The van der Waals surface area contributed by atoms with Gasteiger partial charge in [0, 0.05) is 4.47 Å². The van der Waals surface area contributed by atoms with Gasteiger partial charge in [0.1, 0.15) is 0 Å². The summed E-state index contributed by atoms with van der Waals surface area (Å²) >= 11 is 3.50. The minimum absolute atomic E-state index is 0.108. The third kappa shape index (κ3) is 2.42. The highest BCUT2D eigenvalue weighted by Crippen LogP contribution is 2.28. The predicted octanol–water partition coefficient (Wildman–Crippen LogP) is 4.65. The number of hydrogen-bond donors (Lipinski definition) is 1. The van der Waals surface area contributed by atoms with Gasteiger partial charge < -0.3 is 5.73 Å². The van der Waals surface area contributed by atoms with Gasteiger partial charge in [-0.2, -0.15) is 0 Å². The van der Waals surface area contributed by atoms with E-state index in [1.165, 1.54) is 10.8 Å². The van der Waals surface area contributed by atoms with Gasteiger partial charge >= 0.3 is 0 Å². The van der Waals surface area contributed by atoms with Crippen LogP contribution in [0.15, 0.2) is 71.2 Å². The highest BCUT2D eigenvalue weighted by Gasteiger charge is 2.11. The van der Waals surface area contributed by atoms with Crippen LogP contribution < -0.4 is 5.73 Å². The van der Waals surface area contributed by atoms with Gasteiger partial charge in [0.15, 0.2) is 0 Å². The lowest BCUT2D eigenvalue weighted by molar-refractivity contribution is 0.880. The summed E-state index contributed by atoms with van der Waals surface area (Å²) in [6.45, 7) is 0. The lowest BCUT2D eigenvalue weighted by atomic mass is 9.94. The van der Waals surface area contributed by atoms with Crippen molar-refractivity contribution in [3.05, 3.63) is 82.3 Å². The standard InChI is InChI=1S/C17H14BrN/c18-14-8-3-7-13(11-14)17(19)16-10-4-6-12-5-1-2-9-15(12)16/h1-11,17H,19H2.